The molecule has 0 aliphatic rings. The number of benzene rings is 1. The first kappa shape index (κ1) is 13.7. The minimum atomic E-state index is -3.55. The second kappa shape index (κ2) is 5.79. The lowest BCUT2D eigenvalue weighted by Crippen LogP contribution is -2.39. The van der Waals surface area contributed by atoms with Gasteiger partial charge in [0.15, 0.2) is 0 Å². The standard InChI is InChI=1S/C11H15NO4S/c1-9(11(13)14)12-17(15,16)8-7-10-5-3-2-4-6-10/h2-6,9,12H,7-8H2,1H3,(H,13,14)/t9-/m0/s1. The van der Waals surface area contributed by atoms with E-state index >= 15 is 0 Å². The van der Waals surface area contributed by atoms with Gasteiger partial charge in [0.2, 0.25) is 10.0 Å². The molecule has 0 saturated heterocycles. The number of aryl methyl sites for hydroxylation is 1. The highest BCUT2D eigenvalue weighted by Crippen LogP contribution is 2.01. The fourth-order valence-electron chi connectivity index (χ4n) is 1.28. The topological polar surface area (TPSA) is 83.5 Å². The molecule has 0 heterocycles. The maximum atomic E-state index is 11.5. The van der Waals surface area contributed by atoms with Crippen LogP contribution in [0.2, 0.25) is 0 Å². The Morgan fingerprint density at radius 1 is 1.35 bits per heavy atom. The van der Waals surface area contributed by atoms with Crippen LogP contribution in [0.25, 0.3) is 0 Å². The van der Waals surface area contributed by atoms with Crippen molar-refractivity contribution in [2.24, 2.45) is 0 Å². The lowest BCUT2D eigenvalue weighted by molar-refractivity contribution is -0.138. The Balaban J connectivity index is 2.54. The van der Waals surface area contributed by atoms with Crippen LogP contribution in [-0.4, -0.2) is 31.3 Å². The van der Waals surface area contributed by atoms with Crippen LogP contribution in [0.1, 0.15) is 12.5 Å². The van der Waals surface area contributed by atoms with Gasteiger partial charge in [0.25, 0.3) is 0 Å². The molecule has 0 fully saturated rings. The predicted octanol–water partition coefficient (Wildman–Crippen LogP) is 0.622. The number of carbonyl (C=O) groups is 1. The molecule has 2 N–H and O–H groups in total. The quantitative estimate of drug-likeness (QED) is 0.782. The molecule has 0 aliphatic carbocycles. The van der Waals surface area contributed by atoms with Gasteiger partial charge in [0.05, 0.1) is 5.75 Å². The number of nitrogens with one attached hydrogen (secondary N) is 1. The second-order valence-electron chi connectivity index (χ2n) is 3.73. The molecule has 94 valence electrons. The van der Waals surface area contributed by atoms with E-state index in [1.807, 2.05) is 30.3 Å². The number of hydrogen-bond acceptors (Lipinski definition) is 3. The summed E-state index contributed by atoms with van der Waals surface area (Å²) in [4.78, 5) is 10.5. The van der Waals surface area contributed by atoms with Crippen LogP contribution < -0.4 is 4.72 Å². The smallest absolute Gasteiger partial charge is 0.321 e. The molecule has 17 heavy (non-hydrogen) atoms. The monoisotopic (exact) mass is 257 g/mol. The Kier molecular flexibility index (Phi) is 4.65. The van der Waals surface area contributed by atoms with Gasteiger partial charge < -0.3 is 5.11 Å². The molecule has 6 heteroatoms. The molecule has 0 bridgehead atoms. The zero-order valence-corrected chi connectivity index (χ0v) is 10.3. The zero-order chi connectivity index (χ0) is 12.9. The molecule has 0 spiro atoms. The minimum Gasteiger partial charge on any atom is -0.480 e. The van der Waals surface area contributed by atoms with Crippen molar-refractivity contribution in [2.45, 2.75) is 19.4 Å². The van der Waals surface area contributed by atoms with Crippen molar-refractivity contribution in [3.05, 3.63) is 35.9 Å². The van der Waals surface area contributed by atoms with E-state index in [9.17, 15) is 13.2 Å². The molecule has 1 aromatic rings. The molecule has 0 aliphatic heterocycles. The molecule has 0 unspecified atom stereocenters. The summed E-state index contributed by atoms with van der Waals surface area (Å²) in [5.74, 6) is -1.30. The normalized spacial score (nSPS) is 13.2. The Hall–Kier alpha value is -1.40. The summed E-state index contributed by atoms with van der Waals surface area (Å²) in [6.07, 6.45) is 0.364. The van der Waals surface area contributed by atoms with Gasteiger partial charge in [0.1, 0.15) is 6.04 Å². The van der Waals surface area contributed by atoms with E-state index in [-0.39, 0.29) is 5.75 Å². The van der Waals surface area contributed by atoms with Gasteiger partial charge in [-0.05, 0) is 18.9 Å². The number of sulfonamides is 1. The Bertz CT molecular complexity index is 470. The van der Waals surface area contributed by atoms with E-state index in [2.05, 4.69) is 4.72 Å². The SMILES string of the molecule is C[C@H](NS(=O)(=O)CCc1ccccc1)C(=O)O. The van der Waals surface area contributed by atoms with Crippen molar-refractivity contribution >= 4 is 16.0 Å². The van der Waals surface area contributed by atoms with E-state index in [0.717, 1.165) is 5.56 Å². The lowest BCUT2D eigenvalue weighted by atomic mass is 10.2. The van der Waals surface area contributed by atoms with Crippen molar-refractivity contribution < 1.29 is 18.3 Å². The molecule has 0 saturated carbocycles. The molecule has 0 aromatic heterocycles. The zero-order valence-electron chi connectivity index (χ0n) is 9.46. The van der Waals surface area contributed by atoms with E-state index in [1.54, 1.807) is 0 Å². The fraction of sp³-hybridized carbons (Fsp3) is 0.364. The summed E-state index contributed by atoms with van der Waals surface area (Å²) < 4.78 is 25.2. The van der Waals surface area contributed by atoms with Gasteiger partial charge in [0, 0.05) is 0 Å². The summed E-state index contributed by atoms with van der Waals surface area (Å²) in [5, 5.41) is 8.60. The van der Waals surface area contributed by atoms with Crippen molar-refractivity contribution in [2.75, 3.05) is 5.75 Å². The van der Waals surface area contributed by atoms with Crippen LogP contribution in [0.4, 0.5) is 0 Å². The van der Waals surface area contributed by atoms with Gasteiger partial charge in [-0.25, -0.2) is 13.1 Å². The van der Waals surface area contributed by atoms with Crippen LogP contribution in [-0.2, 0) is 21.2 Å². The third-order valence-electron chi connectivity index (χ3n) is 2.23. The van der Waals surface area contributed by atoms with E-state index < -0.39 is 22.0 Å². The number of hydrogen-bond donors (Lipinski definition) is 2. The Morgan fingerprint density at radius 2 is 1.94 bits per heavy atom. The van der Waals surface area contributed by atoms with Gasteiger partial charge >= 0.3 is 5.97 Å². The molecule has 1 atom stereocenters. The highest BCUT2D eigenvalue weighted by Gasteiger charge is 2.18. The number of aliphatic carboxylic acids is 1. The molecular formula is C11H15NO4S. The molecule has 0 radical (unpaired) electrons. The van der Waals surface area contributed by atoms with Crippen LogP contribution >= 0.6 is 0 Å². The third kappa shape index (κ3) is 4.97. The van der Waals surface area contributed by atoms with Gasteiger partial charge in [-0.1, -0.05) is 30.3 Å². The molecule has 5 nitrogen and oxygen atoms in total. The van der Waals surface area contributed by atoms with Gasteiger partial charge in [-0.3, -0.25) is 4.79 Å². The maximum Gasteiger partial charge on any atom is 0.321 e. The molecule has 1 rings (SSSR count). The average Bonchev–Trinajstić information content (AvgIpc) is 2.27. The number of rotatable bonds is 6. The summed E-state index contributed by atoms with van der Waals surface area (Å²) >= 11 is 0. The van der Waals surface area contributed by atoms with E-state index in [0.29, 0.717) is 6.42 Å². The number of carboxylic acid groups (broad SMARTS) is 1. The maximum absolute atomic E-state index is 11.5. The summed E-state index contributed by atoms with van der Waals surface area (Å²) in [5.41, 5.74) is 0.904. The molecular weight excluding hydrogens is 242 g/mol. The van der Waals surface area contributed by atoms with Crippen molar-refractivity contribution in [3.8, 4) is 0 Å². The average molecular weight is 257 g/mol. The van der Waals surface area contributed by atoms with Crippen LogP contribution in [0, 0.1) is 0 Å². The summed E-state index contributed by atoms with van der Waals surface area (Å²) in [6, 6.07) is 8.07. The van der Waals surface area contributed by atoms with Crippen LogP contribution in [0.3, 0.4) is 0 Å². The first-order valence-corrected chi connectivity index (χ1v) is 6.83. The Morgan fingerprint density at radius 3 is 2.47 bits per heavy atom. The van der Waals surface area contributed by atoms with Gasteiger partial charge in [-0.2, -0.15) is 0 Å². The summed E-state index contributed by atoms with van der Waals surface area (Å²) in [6.45, 7) is 1.29. The predicted molar refractivity (Wildman–Crippen MR) is 64.2 cm³/mol. The van der Waals surface area contributed by atoms with Crippen molar-refractivity contribution in [1.82, 2.24) is 4.72 Å². The van der Waals surface area contributed by atoms with E-state index in [4.69, 9.17) is 5.11 Å². The fourth-order valence-corrected chi connectivity index (χ4v) is 2.54. The van der Waals surface area contributed by atoms with E-state index in [1.165, 1.54) is 6.92 Å². The lowest BCUT2D eigenvalue weighted by Gasteiger charge is -2.09. The second-order valence-corrected chi connectivity index (χ2v) is 5.61. The molecule has 1 aromatic carbocycles. The van der Waals surface area contributed by atoms with Crippen LogP contribution in [0.5, 0.6) is 0 Å². The number of carboxylic acids is 1. The first-order chi connectivity index (χ1) is 7.91. The van der Waals surface area contributed by atoms with Crippen LogP contribution in [0.15, 0.2) is 30.3 Å². The minimum absolute atomic E-state index is 0.116. The van der Waals surface area contributed by atoms with Gasteiger partial charge in [-0.15, -0.1) is 0 Å². The molecule has 0 amide bonds. The summed E-state index contributed by atoms with van der Waals surface area (Å²) in [7, 11) is -3.55. The highest BCUT2D eigenvalue weighted by molar-refractivity contribution is 7.89. The first-order valence-electron chi connectivity index (χ1n) is 5.17. The third-order valence-corrected chi connectivity index (χ3v) is 3.68. The largest absolute Gasteiger partial charge is 0.480 e. The van der Waals surface area contributed by atoms with Crippen molar-refractivity contribution in [3.63, 3.8) is 0 Å². The highest BCUT2D eigenvalue weighted by atomic mass is 32.2. The van der Waals surface area contributed by atoms with Crippen molar-refractivity contribution in [1.29, 1.82) is 0 Å². The Labute approximate surface area is 101 Å².